The van der Waals surface area contributed by atoms with Gasteiger partial charge >= 0.3 is 0 Å². The normalized spacial score (nSPS) is 10.1. The van der Waals surface area contributed by atoms with Crippen LogP contribution in [0.2, 0.25) is 5.02 Å². The maximum atomic E-state index is 11.8. The summed E-state index contributed by atoms with van der Waals surface area (Å²) in [7, 11) is 0. The Balaban J connectivity index is 1.86. The van der Waals surface area contributed by atoms with Gasteiger partial charge in [-0.3, -0.25) is 10.2 Å². The highest BCUT2D eigenvalue weighted by molar-refractivity contribution is 6.30. The molecule has 0 aromatic heterocycles. The van der Waals surface area contributed by atoms with Crippen LogP contribution in [0.4, 0.5) is 0 Å². The Morgan fingerprint density at radius 1 is 1.06 bits per heavy atom. The van der Waals surface area contributed by atoms with Crippen LogP contribution in [0, 0.1) is 0 Å². The monoisotopic (exact) mass is 260 g/mol. The second-order valence-electron chi connectivity index (χ2n) is 3.80. The van der Waals surface area contributed by atoms with E-state index < -0.39 is 0 Å². The third-order valence-electron chi connectivity index (χ3n) is 2.42. The first-order chi connectivity index (χ1) is 8.75. The van der Waals surface area contributed by atoms with E-state index in [-0.39, 0.29) is 5.91 Å². The largest absolute Gasteiger partial charge is 0.287 e. The molecule has 0 heterocycles. The van der Waals surface area contributed by atoms with Crippen LogP contribution in [0.3, 0.4) is 0 Å². The molecule has 0 aliphatic rings. The predicted molar refractivity (Wildman–Crippen MR) is 72.2 cm³/mol. The van der Waals surface area contributed by atoms with Gasteiger partial charge in [0.1, 0.15) is 0 Å². The maximum absolute atomic E-state index is 11.8. The number of benzene rings is 2. The minimum atomic E-state index is -0.201. The Morgan fingerprint density at radius 2 is 1.83 bits per heavy atom. The molecular weight excluding hydrogens is 248 g/mol. The first kappa shape index (κ1) is 12.6. The lowest BCUT2D eigenvalue weighted by atomic mass is 10.2. The van der Waals surface area contributed by atoms with Gasteiger partial charge in [-0.2, -0.15) is 0 Å². The highest BCUT2D eigenvalue weighted by atomic mass is 35.5. The van der Waals surface area contributed by atoms with Crippen molar-refractivity contribution >= 4 is 17.5 Å². The average molecular weight is 261 g/mol. The first-order valence-corrected chi connectivity index (χ1v) is 5.96. The van der Waals surface area contributed by atoms with E-state index in [0.717, 1.165) is 5.56 Å². The van der Waals surface area contributed by atoms with E-state index in [1.165, 1.54) is 0 Å². The molecule has 0 aliphatic carbocycles. The van der Waals surface area contributed by atoms with Crippen molar-refractivity contribution in [2.75, 3.05) is 0 Å². The van der Waals surface area contributed by atoms with Gasteiger partial charge in [0.25, 0.3) is 5.91 Å². The number of hydrazine groups is 1. The summed E-state index contributed by atoms with van der Waals surface area (Å²) < 4.78 is 0. The molecule has 3 nitrogen and oxygen atoms in total. The standard InChI is InChI=1S/C14H13ClN2O/c15-13-8-4-7-12(9-13)14(18)17-16-10-11-5-2-1-3-6-11/h1-9,16H,10H2,(H,17,18). The second kappa shape index (κ2) is 6.19. The highest BCUT2D eigenvalue weighted by Gasteiger charge is 2.04. The molecule has 0 fully saturated rings. The van der Waals surface area contributed by atoms with Gasteiger partial charge in [0, 0.05) is 17.1 Å². The van der Waals surface area contributed by atoms with Gasteiger partial charge in [-0.1, -0.05) is 48.0 Å². The van der Waals surface area contributed by atoms with Crippen LogP contribution in [0.5, 0.6) is 0 Å². The van der Waals surface area contributed by atoms with Crippen LogP contribution in [-0.2, 0) is 6.54 Å². The zero-order valence-electron chi connectivity index (χ0n) is 9.69. The average Bonchev–Trinajstić information content (AvgIpc) is 2.40. The summed E-state index contributed by atoms with van der Waals surface area (Å²) in [6.45, 7) is 0.577. The first-order valence-electron chi connectivity index (χ1n) is 5.58. The fourth-order valence-corrected chi connectivity index (χ4v) is 1.71. The minimum Gasteiger partial charge on any atom is -0.287 e. The van der Waals surface area contributed by atoms with E-state index in [0.29, 0.717) is 17.1 Å². The van der Waals surface area contributed by atoms with Crippen molar-refractivity contribution in [1.82, 2.24) is 10.9 Å². The number of halogens is 1. The number of hydrogen-bond acceptors (Lipinski definition) is 2. The molecule has 0 bridgehead atoms. The molecule has 2 rings (SSSR count). The molecule has 0 saturated carbocycles. The fourth-order valence-electron chi connectivity index (χ4n) is 1.52. The third kappa shape index (κ3) is 3.58. The van der Waals surface area contributed by atoms with Gasteiger partial charge in [-0.05, 0) is 23.8 Å². The number of amides is 1. The highest BCUT2D eigenvalue weighted by Crippen LogP contribution is 2.10. The van der Waals surface area contributed by atoms with E-state index >= 15 is 0 Å². The zero-order chi connectivity index (χ0) is 12.8. The Hall–Kier alpha value is -1.84. The van der Waals surface area contributed by atoms with Crippen molar-refractivity contribution in [2.24, 2.45) is 0 Å². The Morgan fingerprint density at radius 3 is 2.56 bits per heavy atom. The molecule has 0 saturated heterocycles. The smallest absolute Gasteiger partial charge is 0.265 e. The maximum Gasteiger partial charge on any atom is 0.265 e. The molecule has 0 radical (unpaired) electrons. The number of nitrogens with one attached hydrogen (secondary N) is 2. The lowest BCUT2D eigenvalue weighted by Crippen LogP contribution is -2.36. The molecule has 0 spiro atoms. The summed E-state index contributed by atoms with van der Waals surface area (Å²) in [5.41, 5.74) is 7.14. The van der Waals surface area contributed by atoms with Crippen molar-refractivity contribution in [3.05, 3.63) is 70.7 Å². The van der Waals surface area contributed by atoms with Gasteiger partial charge in [0.2, 0.25) is 0 Å². The summed E-state index contributed by atoms with van der Waals surface area (Å²) in [6, 6.07) is 16.6. The number of rotatable bonds is 4. The topological polar surface area (TPSA) is 41.1 Å². The molecule has 2 N–H and O–H groups in total. The van der Waals surface area contributed by atoms with Crippen LogP contribution >= 0.6 is 11.6 Å². The molecule has 0 aliphatic heterocycles. The quantitative estimate of drug-likeness (QED) is 0.830. The molecule has 18 heavy (non-hydrogen) atoms. The molecule has 1 amide bonds. The lowest BCUT2D eigenvalue weighted by Gasteiger charge is -2.07. The van der Waals surface area contributed by atoms with E-state index in [1.54, 1.807) is 24.3 Å². The van der Waals surface area contributed by atoms with Crippen molar-refractivity contribution in [1.29, 1.82) is 0 Å². The summed E-state index contributed by atoms with van der Waals surface area (Å²) in [6.07, 6.45) is 0. The van der Waals surface area contributed by atoms with Crippen molar-refractivity contribution in [3.63, 3.8) is 0 Å². The van der Waals surface area contributed by atoms with Gasteiger partial charge in [-0.25, -0.2) is 5.43 Å². The van der Waals surface area contributed by atoms with E-state index in [1.807, 2.05) is 30.3 Å². The van der Waals surface area contributed by atoms with Gasteiger partial charge in [0.15, 0.2) is 0 Å². The molecule has 92 valence electrons. The van der Waals surface area contributed by atoms with Gasteiger partial charge < -0.3 is 0 Å². The molecule has 2 aromatic rings. The molecule has 0 unspecified atom stereocenters. The van der Waals surface area contributed by atoms with Crippen molar-refractivity contribution in [2.45, 2.75) is 6.54 Å². The van der Waals surface area contributed by atoms with E-state index in [2.05, 4.69) is 10.9 Å². The molecule has 4 heteroatoms. The molecule has 2 aromatic carbocycles. The van der Waals surface area contributed by atoms with Crippen LogP contribution in [-0.4, -0.2) is 5.91 Å². The van der Waals surface area contributed by atoms with Crippen molar-refractivity contribution in [3.8, 4) is 0 Å². The molecular formula is C14H13ClN2O. The summed E-state index contributed by atoms with van der Waals surface area (Å²) in [5, 5.41) is 0.547. The third-order valence-corrected chi connectivity index (χ3v) is 2.66. The van der Waals surface area contributed by atoms with Crippen LogP contribution in [0.25, 0.3) is 0 Å². The van der Waals surface area contributed by atoms with E-state index in [4.69, 9.17) is 11.6 Å². The van der Waals surface area contributed by atoms with Crippen LogP contribution in [0.15, 0.2) is 54.6 Å². The molecule has 0 atom stereocenters. The predicted octanol–water partition coefficient (Wildman–Crippen LogP) is 2.77. The minimum absolute atomic E-state index is 0.201. The summed E-state index contributed by atoms with van der Waals surface area (Å²) in [5.74, 6) is -0.201. The SMILES string of the molecule is O=C(NNCc1ccccc1)c1cccc(Cl)c1. The summed E-state index contributed by atoms with van der Waals surface area (Å²) in [4.78, 5) is 11.8. The van der Waals surface area contributed by atoms with Gasteiger partial charge in [-0.15, -0.1) is 0 Å². The Bertz CT molecular complexity index is 528. The number of carbonyl (C=O) groups excluding carboxylic acids is 1. The van der Waals surface area contributed by atoms with Crippen molar-refractivity contribution < 1.29 is 4.79 Å². The Kier molecular flexibility index (Phi) is 4.34. The van der Waals surface area contributed by atoms with Crippen LogP contribution < -0.4 is 10.9 Å². The number of carbonyl (C=O) groups is 1. The fraction of sp³-hybridized carbons (Fsp3) is 0.0714. The summed E-state index contributed by atoms with van der Waals surface area (Å²) >= 11 is 5.82. The lowest BCUT2D eigenvalue weighted by molar-refractivity contribution is 0.0932. The zero-order valence-corrected chi connectivity index (χ0v) is 10.4. The van der Waals surface area contributed by atoms with Crippen LogP contribution in [0.1, 0.15) is 15.9 Å². The second-order valence-corrected chi connectivity index (χ2v) is 4.24. The number of hydrogen-bond donors (Lipinski definition) is 2. The van der Waals surface area contributed by atoms with Gasteiger partial charge in [0.05, 0.1) is 0 Å². The van der Waals surface area contributed by atoms with E-state index in [9.17, 15) is 4.79 Å². The Labute approximate surface area is 111 Å².